The summed E-state index contributed by atoms with van der Waals surface area (Å²) >= 11 is 1.16. The fourth-order valence-electron chi connectivity index (χ4n) is 2.11. The van der Waals surface area contributed by atoms with Crippen LogP contribution in [0.1, 0.15) is 17.4 Å². The zero-order chi connectivity index (χ0) is 20.0. The Kier molecular flexibility index (Phi) is 9.74. The van der Waals surface area contributed by atoms with Gasteiger partial charge in [-0.15, -0.1) is 35.3 Å². The molecule has 6 nitrogen and oxygen atoms in total. The molecule has 0 saturated heterocycles. The maximum absolute atomic E-state index is 13.7. The third kappa shape index (κ3) is 6.64. The predicted molar refractivity (Wildman–Crippen MR) is 119 cm³/mol. The Morgan fingerprint density at radius 3 is 2.54 bits per heavy atom. The van der Waals surface area contributed by atoms with Crippen molar-refractivity contribution in [3.8, 4) is 0 Å². The molecule has 0 aliphatic heterocycles. The second kappa shape index (κ2) is 11.0. The minimum absolute atomic E-state index is 0. The first kappa shape index (κ1) is 24.7. The lowest BCUT2D eigenvalue weighted by atomic mass is 10.2. The number of rotatable bonds is 7. The normalized spacial score (nSPS) is 12.0. The number of benzene rings is 1. The van der Waals surface area contributed by atoms with Gasteiger partial charge in [0.05, 0.1) is 13.1 Å². The highest BCUT2D eigenvalue weighted by Crippen LogP contribution is 2.23. The summed E-state index contributed by atoms with van der Waals surface area (Å²) in [7, 11) is -0.498. The van der Waals surface area contributed by atoms with E-state index in [0.717, 1.165) is 38.7 Å². The predicted octanol–water partition coefficient (Wildman–Crippen LogP) is 3.15. The van der Waals surface area contributed by atoms with Crippen molar-refractivity contribution in [2.75, 3.05) is 20.6 Å². The lowest BCUT2D eigenvalue weighted by Crippen LogP contribution is -2.36. The van der Waals surface area contributed by atoms with Gasteiger partial charge in [0, 0.05) is 31.1 Å². The van der Waals surface area contributed by atoms with Gasteiger partial charge in [0.25, 0.3) is 10.0 Å². The largest absolute Gasteiger partial charge is 0.357 e. The number of nitrogens with one attached hydrogen (secondary N) is 2. The van der Waals surface area contributed by atoms with Gasteiger partial charge in [0.2, 0.25) is 0 Å². The quantitative estimate of drug-likeness (QED) is 0.319. The van der Waals surface area contributed by atoms with Crippen LogP contribution in [0.25, 0.3) is 0 Å². The third-order valence-electron chi connectivity index (χ3n) is 3.56. The maximum atomic E-state index is 13.7. The molecule has 0 aliphatic rings. The lowest BCUT2D eigenvalue weighted by molar-refractivity contribution is 0.523. The average molecular weight is 544 g/mol. The Hall–Kier alpha value is -1.31. The standard InChI is InChI=1S/C17H22F2N4O2S2.HI/c1-4-20-17(21-10-12-9-13(18)5-7-15(12)19)22-11-14-6-8-16(26-14)27(24,25)23(2)3;/h5-9H,4,10-11H2,1-3H3,(H2,20,21,22);1H. The molecule has 1 aromatic heterocycles. The van der Waals surface area contributed by atoms with Crippen LogP contribution in [-0.4, -0.2) is 39.3 Å². The van der Waals surface area contributed by atoms with E-state index in [1.165, 1.54) is 14.1 Å². The lowest BCUT2D eigenvalue weighted by Gasteiger charge is -2.11. The summed E-state index contributed by atoms with van der Waals surface area (Å²) < 4.78 is 52.6. The molecule has 0 atom stereocenters. The van der Waals surface area contributed by atoms with E-state index in [-0.39, 0.29) is 40.3 Å². The van der Waals surface area contributed by atoms with Gasteiger partial charge in [0.1, 0.15) is 15.8 Å². The monoisotopic (exact) mass is 544 g/mol. The Morgan fingerprint density at radius 1 is 1.18 bits per heavy atom. The molecular formula is C17H23F2IN4O2S2. The molecule has 1 aromatic carbocycles. The van der Waals surface area contributed by atoms with E-state index >= 15 is 0 Å². The minimum atomic E-state index is -3.46. The fraction of sp³-hybridized carbons (Fsp3) is 0.353. The first-order chi connectivity index (χ1) is 12.7. The van der Waals surface area contributed by atoms with Crippen molar-refractivity contribution in [1.29, 1.82) is 0 Å². The zero-order valence-electron chi connectivity index (χ0n) is 15.7. The molecule has 11 heteroatoms. The molecular weight excluding hydrogens is 521 g/mol. The first-order valence-corrected chi connectivity index (χ1v) is 10.5. The van der Waals surface area contributed by atoms with Crippen molar-refractivity contribution in [3.05, 3.63) is 52.4 Å². The molecule has 0 radical (unpaired) electrons. The summed E-state index contributed by atoms with van der Waals surface area (Å²) in [6, 6.07) is 6.52. The van der Waals surface area contributed by atoms with Crippen molar-refractivity contribution in [2.45, 2.75) is 24.2 Å². The molecule has 2 N–H and O–H groups in total. The maximum Gasteiger partial charge on any atom is 0.252 e. The van der Waals surface area contributed by atoms with Gasteiger partial charge >= 0.3 is 0 Å². The number of nitrogens with zero attached hydrogens (tertiary/aromatic N) is 2. The SMILES string of the molecule is CCNC(=NCc1cc(F)ccc1F)NCc1ccc(S(=O)(=O)N(C)C)s1.I. The summed E-state index contributed by atoms with van der Waals surface area (Å²) in [5, 5.41) is 6.07. The van der Waals surface area contributed by atoms with E-state index < -0.39 is 21.7 Å². The highest BCUT2D eigenvalue weighted by Gasteiger charge is 2.19. The molecule has 0 aliphatic carbocycles. The van der Waals surface area contributed by atoms with Crippen LogP contribution in [-0.2, 0) is 23.1 Å². The van der Waals surface area contributed by atoms with Crippen LogP contribution in [0.15, 0.2) is 39.5 Å². The number of hydrogen-bond acceptors (Lipinski definition) is 4. The Labute approximate surface area is 185 Å². The van der Waals surface area contributed by atoms with E-state index in [9.17, 15) is 17.2 Å². The molecule has 0 fully saturated rings. The van der Waals surface area contributed by atoms with Gasteiger partial charge in [-0.2, -0.15) is 0 Å². The molecule has 0 unspecified atom stereocenters. The summed E-state index contributed by atoms with van der Waals surface area (Å²) in [6.45, 7) is 2.80. The van der Waals surface area contributed by atoms with Crippen molar-refractivity contribution in [1.82, 2.24) is 14.9 Å². The number of thiophene rings is 1. The molecule has 0 amide bonds. The van der Waals surface area contributed by atoms with Crippen LogP contribution in [0, 0.1) is 11.6 Å². The highest BCUT2D eigenvalue weighted by molar-refractivity contribution is 14.0. The van der Waals surface area contributed by atoms with Crippen LogP contribution in [0.4, 0.5) is 8.78 Å². The van der Waals surface area contributed by atoms with Gasteiger partial charge in [-0.1, -0.05) is 0 Å². The molecule has 156 valence electrons. The summed E-state index contributed by atoms with van der Waals surface area (Å²) in [5.41, 5.74) is 0.155. The van der Waals surface area contributed by atoms with Crippen molar-refractivity contribution >= 4 is 51.3 Å². The molecule has 0 bridgehead atoms. The van der Waals surface area contributed by atoms with Crippen LogP contribution < -0.4 is 10.6 Å². The van der Waals surface area contributed by atoms with Crippen LogP contribution >= 0.6 is 35.3 Å². The van der Waals surface area contributed by atoms with Crippen molar-refractivity contribution < 1.29 is 17.2 Å². The van der Waals surface area contributed by atoms with Crippen LogP contribution in [0.5, 0.6) is 0 Å². The van der Waals surface area contributed by atoms with E-state index in [2.05, 4.69) is 15.6 Å². The van der Waals surface area contributed by atoms with E-state index in [1.54, 1.807) is 12.1 Å². The molecule has 1 heterocycles. The van der Waals surface area contributed by atoms with Gasteiger partial charge in [-0.05, 0) is 37.3 Å². The highest BCUT2D eigenvalue weighted by atomic mass is 127. The van der Waals surface area contributed by atoms with Gasteiger partial charge in [-0.25, -0.2) is 26.5 Å². The van der Waals surface area contributed by atoms with E-state index in [1.807, 2.05) is 6.92 Å². The Balaban J connectivity index is 0.00000392. The number of halogens is 3. The number of sulfonamides is 1. The molecule has 2 rings (SSSR count). The van der Waals surface area contributed by atoms with Gasteiger partial charge < -0.3 is 10.6 Å². The first-order valence-electron chi connectivity index (χ1n) is 8.21. The van der Waals surface area contributed by atoms with Gasteiger partial charge in [-0.3, -0.25) is 0 Å². The third-order valence-corrected chi connectivity index (χ3v) is 6.93. The van der Waals surface area contributed by atoms with Crippen LogP contribution in [0.2, 0.25) is 0 Å². The van der Waals surface area contributed by atoms with Crippen LogP contribution in [0.3, 0.4) is 0 Å². The fourth-order valence-corrected chi connectivity index (χ4v) is 4.58. The number of guanidine groups is 1. The van der Waals surface area contributed by atoms with Crippen molar-refractivity contribution in [3.63, 3.8) is 0 Å². The smallest absolute Gasteiger partial charge is 0.252 e. The second-order valence-electron chi connectivity index (χ2n) is 5.79. The molecule has 2 aromatic rings. The van der Waals surface area contributed by atoms with E-state index in [0.29, 0.717) is 19.0 Å². The summed E-state index contributed by atoms with van der Waals surface area (Å²) in [5.74, 6) is -0.618. The molecule has 0 spiro atoms. The minimum Gasteiger partial charge on any atom is -0.357 e. The number of hydrogen-bond donors (Lipinski definition) is 2. The van der Waals surface area contributed by atoms with Crippen molar-refractivity contribution in [2.24, 2.45) is 4.99 Å². The molecule has 28 heavy (non-hydrogen) atoms. The van der Waals surface area contributed by atoms with Gasteiger partial charge in [0.15, 0.2) is 5.96 Å². The second-order valence-corrected chi connectivity index (χ2v) is 9.34. The summed E-state index contributed by atoms with van der Waals surface area (Å²) in [6.07, 6.45) is 0. The zero-order valence-corrected chi connectivity index (χ0v) is 19.7. The average Bonchev–Trinajstić information content (AvgIpc) is 3.09. The topological polar surface area (TPSA) is 73.8 Å². The summed E-state index contributed by atoms with van der Waals surface area (Å²) in [4.78, 5) is 5.05. The molecule has 0 saturated carbocycles. The van der Waals surface area contributed by atoms with E-state index in [4.69, 9.17) is 0 Å². The number of aliphatic imine (C=N–C) groups is 1. The Bertz CT molecular complexity index is 918. The Morgan fingerprint density at radius 2 is 1.89 bits per heavy atom.